The minimum absolute atomic E-state index is 0.227. The number of halogens is 3. The number of benzene rings is 2. The van der Waals surface area contributed by atoms with Crippen molar-refractivity contribution in [2.45, 2.75) is 6.18 Å². The normalized spacial score (nSPS) is 14.5. The Labute approximate surface area is 188 Å². The molecule has 1 saturated heterocycles. The van der Waals surface area contributed by atoms with Crippen molar-refractivity contribution < 1.29 is 27.4 Å². The summed E-state index contributed by atoms with van der Waals surface area (Å²) in [7, 11) is 3.09. The third kappa shape index (κ3) is 4.46. The van der Waals surface area contributed by atoms with Gasteiger partial charge in [0.25, 0.3) is 5.91 Å². The number of fused-ring (bicyclic) bond motifs is 1. The highest BCUT2D eigenvalue weighted by atomic mass is 19.4. The number of carbonyl (C=O) groups is 1. The molecule has 2 heterocycles. The highest BCUT2D eigenvalue weighted by Gasteiger charge is 2.31. The van der Waals surface area contributed by atoms with Crippen LogP contribution in [-0.2, 0) is 6.18 Å². The number of ether oxygens (including phenoxy) is 2. The van der Waals surface area contributed by atoms with Crippen molar-refractivity contribution in [1.29, 1.82) is 0 Å². The molecule has 0 bridgehead atoms. The minimum Gasteiger partial charge on any atom is -0.493 e. The maximum absolute atomic E-state index is 12.8. The van der Waals surface area contributed by atoms with E-state index in [4.69, 9.17) is 20.2 Å². The summed E-state index contributed by atoms with van der Waals surface area (Å²) in [6.07, 6.45) is -4.43. The molecule has 0 unspecified atom stereocenters. The predicted molar refractivity (Wildman–Crippen MR) is 119 cm³/mol. The van der Waals surface area contributed by atoms with E-state index in [0.29, 0.717) is 54.7 Å². The lowest BCUT2D eigenvalue weighted by molar-refractivity contribution is -0.137. The lowest BCUT2D eigenvalue weighted by Gasteiger charge is -2.35. The molecule has 7 nitrogen and oxygen atoms in total. The fraction of sp³-hybridized carbons (Fsp3) is 0.304. The van der Waals surface area contributed by atoms with E-state index >= 15 is 0 Å². The van der Waals surface area contributed by atoms with Crippen LogP contribution >= 0.6 is 0 Å². The van der Waals surface area contributed by atoms with Crippen LogP contribution in [0.25, 0.3) is 10.9 Å². The van der Waals surface area contributed by atoms with Crippen molar-refractivity contribution in [3.63, 3.8) is 0 Å². The van der Waals surface area contributed by atoms with E-state index in [1.54, 1.807) is 37.3 Å². The summed E-state index contributed by atoms with van der Waals surface area (Å²) >= 11 is 0. The van der Waals surface area contributed by atoms with E-state index in [1.807, 2.05) is 4.90 Å². The minimum atomic E-state index is -4.43. The van der Waals surface area contributed by atoms with E-state index in [-0.39, 0.29) is 11.5 Å². The monoisotopic (exact) mass is 460 g/mol. The van der Waals surface area contributed by atoms with E-state index < -0.39 is 11.7 Å². The van der Waals surface area contributed by atoms with Crippen molar-refractivity contribution in [1.82, 2.24) is 9.88 Å². The van der Waals surface area contributed by atoms with Gasteiger partial charge in [0.2, 0.25) is 0 Å². The average molecular weight is 460 g/mol. The molecular weight excluding hydrogens is 437 g/mol. The molecule has 2 N–H and O–H groups in total. The zero-order valence-corrected chi connectivity index (χ0v) is 18.1. The van der Waals surface area contributed by atoms with Crippen molar-refractivity contribution >= 4 is 28.3 Å². The Morgan fingerprint density at radius 3 is 2.15 bits per heavy atom. The van der Waals surface area contributed by atoms with Gasteiger partial charge in [0.15, 0.2) is 11.5 Å². The molecule has 1 fully saturated rings. The van der Waals surface area contributed by atoms with Crippen molar-refractivity contribution in [2.24, 2.45) is 0 Å². The molecule has 10 heteroatoms. The van der Waals surface area contributed by atoms with Crippen LogP contribution in [0.4, 0.5) is 24.7 Å². The van der Waals surface area contributed by atoms with Gasteiger partial charge in [0, 0.05) is 54.9 Å². The second-order valence-electron chi connectivity index (χ2n) is 7.65. The number of nitrogens with two attached hydrogens (primary N) is 1. The van der Waals surface area contributed by atoms with Gasteiger partial charge >= 0.3 is 6.18 Å². The summed E-state index contributed by atoms with van der Waals surface area (Å²) < 4.78 is 49.0. The summed E-state index contributed by atoms with van der Waals surface area (Å²) in [5.74, 6) is 1.47. The van der Waals surface area contributed by atoms with Crippen LogP contribution in [0, 0.1) is 0 Å². The molecule has 1 aliphatic rings. The summed E-state index contributed by atoms with van der Waals surface area (Å²) in [6.45, 7) is 1.84. The molecule has 3 aromatic rings. The van der Waals surface area contributed by atoms with Crippen LogP contribution in [-0.4, -0.2) is 56.2 Å². The standard InChI is InChI=1S/C23H23F3N4O3/c1-32-19-11-16-17(27)12-21(28-18(16)13-20(19)33-2)29-7-9-30(10-8-29)22(31)14-3-5-15(6-4-14)23(24,25)26/h3-6,11-13H,7-10H2,1-2H3,(H2,27,28). The number of anilines is 2. The molecule has 0 radical (unpaired) electrons. The molecule has 1 amide bonds. The Hall–Kier alpha value is -3.69. The van der Waals surface area contributed by atoms with Crippen LogP contribution in [0.3, 0.4) is 0 Å². The molecule has 1 aromatic heterocycles. The first-order valence-electron chi connectivity index (χ1n) is 10.2. The number of hydrogen-bond donors (Lipinski definition) is 1. The number of pyridine rings is 1. The number of piperazine rings is 1. The van der Waals surface area contributed by atoms with Crippen LogP contribution in [0.2, 0.25) is 0 Å². The highest BCUT2D eigenvalue weighted by molar-refractivity contribution is 5.95. The second kappa shape index (κ2) is 8.68. The lowest BCUT2D eigenvalue weighted by atomic mass is 10.1. The topological polar surface area (TPSA) is 80.9 Å². The summed E-state index contributed by atoms with van der Waals surface area (Å²) in [6, 6.07) is 9.60. The Balaban J connectivity index is 1.48. The van der Waals surface area contributed by atoms with Gasteiger partial charge in [0.05, 0.1) is 25.3 Å². The largest absolute Gasteiger partial charge is 0.493 e. The molecule has 174 valence electrons. The van der Waals surface area contributed by atoms with E-state index in [9.17, 15) is 18.0 Å². The van der Waals surface area contributed by atoms with Crippen molar-refractivity contribution in [3.8, 4) is 11.5 Å². The smallest absolute Gasteiger partial charge is 0.416 e. The average Bonchev–Trinajstić information content (AvgIpc) is 2.82. The molecule has 0 spiro atoms. The Bertz CT molecular complexity index is 1170. The number of aromatic nitrogens is 1. The van der Waals surface area contributed by atoms with Gasteiger partial charge in [-0.25, -0.2) is 4.98 Å². The van der Waals surface area contributed by atoms with Gasteiger partial charge in [-0.1, -0.05) is 0 Å². The van der Waals surface area contributed by atoms with Crippen molar-refractivity contribution in [2.75, 3.05) is 51.0 Å². The van der Waals surface area contributed by atoms with E-state index in [0.717, 1.165) is 17.5 Å². The lowest BCUT2D eigenvalue weighted by Crippen LogP contribution is -2.49. The molecular formula is C23H23F3N4O3. The zero-order valence-electron chi connectivity index (χ0n) is 18.1. The predicted octanol–water partition coefficient (Wildman–Crippen LogP) is 3.82. The first kappa shape index (κ1) is 22.5. The van der Waals surface area contributed by atoms with E-state index in [2.05, 4.69) is 0 Å². The summed E-state index contributed by atoms with van der Waals surface area (Å²) in [5, 5.41) is 0.743. The molecule has 0 saturated carbocycles. The van der Waals surface area contributed by atoms with Crippen LogP contribution < -0.4 is 20.1 Å². The number of nitrogens with zero attached hydrogens (tertiary/aromatic N) is 3. The third-order valence-electron chi connectivity index (χ3n) is 5.68. The first-order valence-corrected chi connectivity index (χ1v) is 10.2. The number of amides is 1. The van der Waals surface area contributed by atoms with Crippen LogP contribution in [0.15, 0.2) is 42.5 Å². The van der Waals surface area contributed by atoms with E-state index in [1.165, 1.54) is 12.1 Å². The van der Waals surface area contributed by atoms with Gasteiger partial charge < -0.3 is 25.0 Å². The molecule has 0 aliphatic carbocycles. The highest BCUT2D eigenvalue weighted by Crippen LogP contribution is 2.35. The Morgan fingerprint density at radius 1 is 0.970 bits per heavy atom. The quantitative estimate of drug-likeness (QED) is 0.638. The summed E-state index contributed by atoms with van der Waals surface area (Å²) in [5.41, 5.74) is 6.91. The third-order valence-corrected chi connectivity index (χ3v) is 5.68. The van der Waals surface area contributed by atoms with Gasteiger partial charge in [-0.15, -0.1) is 0 Å². The number of hydrogen-bond acceptors (Lipinski definition) is 6. The number of carbonyl (C=O) groups excluding carboxylic acids is 1. The van der Waals surface area contributed by atoms with Gasteiger partial charge in [-0.2, -0.15) is 13.2 Å². The Morgan fingerprint density at radius 2 is 1.58 bits per heavy atom. The second-order valence-corrected chi connectivity index (χ2v) is 7.65. The fourth-order valence-corrected chi connectivity index (χ4v) is 3.85. The van der Waals surface area contributed by atoms with Crippen molar-refractivity contribution in [3.05, 3.63) is 53.6 Å². The number of methoxy groups -OCH3 is 2. The maximum atomic E-state index is 12.8. The van der Waals surface area contributed by atoms with Crippen LogP contribution in [0.5, 0.6) is 11.5 Å². The number of rotatable bonds is 4. The van der Waals surface area contributed by atoms with Gasteiger partial charge in [-0.3, -0.25) is 4.79 Å². The first-order chi connectivity index (χ1) is 15.7. The molecule has 4 rings (SSSR count). The maximum Gasteiger partial charge on any atom is 0.416 e. The van der Waals surface area contributed by atoms with Crippen LogP contribution in [0.1, 0.15) is 15.9 Å². The molecule has 1 aliphatic heterocycles. The van der Waals surface area contributed by atoms with Gasteiger partial charge in [-0.05, 0) is 30.3 Å². The van der Waals surface area contributed by atoms with Gasteiger partial charge in [0.1, 0.15) is 5.82 Å². The Kier molecular flexibility index (Phi) is 5.92. The summed E-state index contributed by atoms with van der Waals surface area (Å²) in [4.78, 5) is 21.1. The SMILES string of the molecule is COc1cc2nc(N3CCN(C(=O)c4ccc(C(F)(F)F)cc4)CC3)cc(N)c2cc1OC. The molecule has 0 atom stereocenters. The number of nitrogen functional groups attached to an aromatic ring is 1. The molecule has 33 heavy (non-hydrogen) atoms. The fourth-order valence-electron chi connectivity index (χ4n) is 3.85. The number of alkyl halides is 3. The molecule has 2 aromatic carbocycles. The zero-order chi connectivity index (χ0) is 23.8.